The second kappa shape index (κ2) is 4.20. The molecule has 0 N–H and O–H groups in total. The molecule has 0 saturated heterocycles. The van der Waals surface area contributed by atoms with E-state index in [0.717, 1.165) is 15.3 Å². The lowest BCUT2D eigenvalue weighted by molar-refractivity contribution is 1.01. The number of hydrogen-bond acceptors (Lipinski definition) is 4. The van der Waals surface area contributed by atoms with E-state index in [0.29, 0.717) is 0 Å². The van der Waals surface area contributed by atoms with E-state index in [1.165, 1.54) is 4.21 Å². The molecule has 0 unspecified atom stereocenters. The molecule has 0 radical (unpaired) electrons. The van der Waals surface area contributed by atoms with Crippen LogP contribution in [0.15, 0.2) is 49.9 Å². The molecule has 3 aromatic rings. The number of nitrogens with zero attached hydrogens (tertiary/aromatic N) is 3. The molecule has 0 aliphatic carbocycles. The Bertz CT molecular complexity index is 618. The van der Waals surface area contributed by atoms with Crippen LogP contribution in [-0.2, 0) is 0 Å². The Hall–Kier alpha value is -0.850. The van der Waals surface area contributed by atoms with Crippen molar-refractivity contribution in [1.82, 2.24) is 14.4 Å². The molecule has 3 aromatic heterocycles. The first-order chi connectivity index (χ1) is 7.83. The van der Waals surface area contributed by atoms with Gasteiger partial charge in [0.1, 0.15) is 9.63 Å². The molecule has 0 amide bonds. The van der Waals surface area contributed by atoms with E-state index in [9.17, 15) is 0 Å². The largest absolute Gasteiger partial charge is 0.302 e. The molecular formula is C10H6BrN3S2. The standard InChI is InChI=1S/C10H6BrN3S2/c11-7-6-14-4-3-12-9(14)10(13-7)16-8-2-1-5-15-8/h1-6H. The van der Waals surface area contributed by atoms with Gasteiger partial charge < -0.3 is 4.40 Å². The summed E-state index contributed by atoms with van der Waals surface area (Å²) < 4.78 is 4.00. The summed E-state index contributed by atoms with van der Waals surface area (Å²) in [6, 6.07) is 4.12. The molecule has 3 heterocycles. The molecule has 0 fully saturated rings. The Morgan fingerprint density at radius 1 is 1.44 bits per heavy atom. The van der Waals surface area contributed by atoms with Gasteiger partial charge in [-0.1, -0.05) is 17.8 Å². The third kappa shape index (κ3) is 1.88. The summed E-state index contributed by atoms with van der Waals surface area (Å²) in [5.41, 5.74) is 0.890. The summed E-state index contributed by atoms with van der Waals surface area (Å²) in [5.74, 6) is 0. The van der Waals surface area contributed by atoms with Gasteiger partial charge in [0.2, 0.25) is 0 Å². The lowest BCUT2D eigenvalue weighted by atomic mass is 10.7. The second-order valence-corrected chi connectivity index (χ2v) is 6.11. The van der Waals surface area contributed by atoms with Crippen LogP contribution in [0.5, 0.6) is 0 Å². The fourth-order valence-electron chi connectivity index (χ4n) is 1.36. The first kappa shape index (κ1) is 10.3. The Kier molecular flexibility index (Phi) is 2.70. The maximum absolute atomic E-state index is 4.45. The zero-order valence-electron chi connectivity index (χ0n) is 8.00. The molecule has 0 aliphatic rings. The molecule has 0 bridgehead atoms. The van der Waals surface area contributed by atoms with Crippen molar-refractivity contribution in [3.63, 3.8) is 0 Å². The minimum Gasteiger partial charge on any atom is -0.302 e. The zero-order chi connectivity index (χ0) is 11.0. The molecule has 80 valence electrons. The number of fused-ring (bicyclic) bond motifs is 1. The highest BCUT2D eigenvalue weighted by Crippen LogP contribution is 2.32. The highest BCUT2D eigenvalue weighted by molar-refractivity contribution is 9.10. The number of hydrogen-bond donors (Lipinski definition) is 0. The molecule has 0 atom stereocenters. The second-order valence-electron chi connectivity index (χ2n) is 3.06. The average molecular weight is 312 g/mol. The third-order valence-corrected chi connectivity index (χ3v) is 4.39. The van der Waals surface area contributed by atoms with Crippen LogP contribution in [-0.4, -0.2) is 14.4 Å². The van der Waals surface area contributed by atoms with Crippen LogP contribution in [0.2, 0.25) is 0 Å². The van der Waals surface area contributed by atoms with Crippen LogP contribution in [0.4, 0.5) is 0 Å². The summed E-state index contributed by atoms with van der Waals surface area (Å²) in [6.45, 7) is 0. The van der Waals surface area contributed by atoms with Gasteiger partial charge in [-0.15, -0.1) is 11.3 Å². The van der Waals surface area contributed by atoms with Gasteiger partial charge in [-0.05, 0) is 27.4 Å². The Labute approximate surface area is 109 Å². The van der Waals surface area contributed by atoms with Crippen LogP contribution in [0, 0.1) is 0 Å². The lowest BCUT2D eigenvalue weighted by Crippen LogP contribution is -1.90. The predicted octanol–water partition coefficient (Wildman–Crippen LogP) is 3.70. The first-order valence-corrected chi connectivity index (χ1v) is 7.02. The van der Waals surface area contributed by atoms with Crippen molar-refractivity contribution >= 4 is 44.7 Å². The van der Waals surface area contributed by atoms with Crippen molar-refractivity contribution in [2.24, 2.45) is 0 Å². The molecule has 16 heavy (non-hydrogen) atoms. The fourth-order valence-corrected chi connectivity index (χ4v) is 3.65. The number of rotatable bonds is 2. The van der Waals surface area contributed by atoms with E-state index < -0.39 is 0 Å². The van der Waals surface area contributed by atoms with Crippen molar-refractivity contribution in [3.8, 4) is 0 Å². The monoisotopic (exact) mass is 311 g/mol. The summed E-state index contributed by atoms with van der Waals surface area (Å²) in [7, 11) is 0. The van der Waals surface area contributed by atoms with Crippen LogP contribution < -0.4 is 0 Å². The van der Waals surface area contributed by atoms with Gasteiger partial charge in [-0.2, -0.15) is 0 Å². The van der Waals surface area contributed by atoms with Crippen LogP contribution >= 0.6 is 39.0 Å². The number of aromatic nitrogens is 3. The maximum atomic E-state index is 4.45. The SMILES string of the molecule is Brc1cn2ccnc2c(Sc2cccs2)n1. The van der Waals surface area contributed by atoms with E-state index in [2.05, 4.69) is 37.3 Å². The highest BCUT2D eigenvalue weighted by atomic mass is 79.9. The van der Waals surface area contributed by atoms with E-state index >= 15 is 0 Å². The average Bonchev–Trinajstić information content (AvgIpc) is 2.87. The molecule has 0 aromatic carbocycles. The Morgan fingerprint density at radius 2 is 2.38 bits per heavy atom. The molecule has 3 rings (SSSR count). The highest BCUT2D eigenvalue weighted by Gasteiger charge is 2.08. The minimum absolute atomic E-state index is 0.817. The van der Waals surface area contributed by atoms with Crippen molar-refractivity contribution in [2.45, 2.75) is 9.24 Å². The zero-order valence-corrected chi connectivity index (χ0v) is 11.2. The van der Waals surface area contributed by atoms with E-state index in [1.807, 2.05) is 22.9 Å². The van der Waals surface area contributed by atoms with Crippen molar-refractivity contribution in [3.05, 3.63) is 40.7 Å². The first-order valence-electron chi connectivity index (χ1n) is 4.53. The number of imidazole rings is 1. The van der Waals surface area contributed by atoms with E-state index in [-0.39, 0.29) is 0 Å². The molecule has 0 spiro atoms. The summed E-state index contributed by atoms with van der Waals surface area (Å²) in [6.07, 6.45) is 5.60. The predicted molar refractivity (Wildman–Crippen MR) is 69.1 cm³/mol. The van der Waals surface area contributed by atoms with E-state index in [4.69, 9.17) is 0 Å². The Balaban J connectivity index is 2.11. The minimum atomic E-state index is 0.817. The van der Waals surface area contributed by atoms with Crippen molar-refractivity contribution < 1.29 is 0 Å². The van der Waals surface area contributed by atoms with Crippen molar-refractivity contribution in [1.29, 1.82) is 0 Å². The van der Waals surface area contributed by atoms with Crippen molar-refractivity contribution in [2.75, 3.05) is 0 Å². The maximum Gasteiger partial charge on any atom is 0.170 e. The quantitative estimate of drug-likeness (QED) is 0.723. The van der Waals surface area contributed by atoms with Gasteiger partial charge in [0.15, 0.2) is 5.65 Å². The molecular weight excluding hydrogens is 306 g/mol. The smallest absolute Gasteiger partial charge is 0.170 e. The lowest BCUT2D eigenvalue weighted by Gasteiger charge is -2.01. The summed E-state index contributed by atoms with van der Waals surface area (Å²) >= 11 is 6.74. The van der Waals surface area contributed by atoms with E-state index in [1.54, 1.807) is 29.3 Å². The van der Waals surface area contributed by atoms with Gasteiger partial charge in [0.05, 0.1) is 4.21 Å². The fraction of sp³-hybridized carbons (Fsp3) is 0. The number of thiophene rings is 1. The van der Waals surface area contributed by atoms with Gasteiger partial charge in [0, 0.05) is 18.6 Å². The normalized spacial score (nSPS) is 11.1. The van der Waals surface area contributed by atoms with Crippen LogP contribution in [0.3, 0.4) is 0 Å². The molecule has 6 heteroatoms. The van der Waals surface area contributed by atoms with Crippen LogP contribution in [0.1, 0.15) is 0 Å². The number of halogens is 1. The van der Waals surface area contributed by atoms with Gasteiger partial charge in [0.25, 0.3) is 0 Å². The van der Waals surface area contributed by atoms with Gasteiger partial charge in [-0.25, -0.2) is 9.97 Å². The topological polar surface area (TPSA) is 30.2 Å². The molecule has 0 saturated carbocycles. The summed E-state index contributed by atoms with van der Waals surface area (Å²) in [4.78, 5) is 8.76. The molecule has 3 nitrogen and oxygen atoms in total. The summed E-state index contributed by atoms with van der Waals surface area (Å²) in [5, 5.41) is 2.98. The third-order valence-electron chi connectivity index (χ3n) is 2.01. The molecule has 0 aliphatic heterocycles. The Morgan fingerprint density at radius 3 is 3.19 bits per heavy atom. The van der Waals surface area contributed by atoms with Gasteiger partial charge >= 0.3 is 0 Å². The van der Waals surface area contributed by atoms with Gasteiger partial charge in [-0.3, -0.25) is 0 Å². The van der Waals surface area contributed by atoms with Crippen LogP contribution in [0.25, 0.3) is 5.65 Å².